The normalized spacial score (nSPS) is 11.6. The Morgan fingerprint density at radius 3 is 1.52 bits per heavy atom. The van der Waals surface area contributed by atoms with Gasteiger partial charge in [0.15, 0.2) is 0 Å². The molecular weight excluding hydrogens is 805 g/mol. The molecule has 0 aliphatic carbocycles. The number of hydrogen-bond acceptors (Lipinski definition) is 4. The number of rotatable bonds is 12. The third-order valence-corrected chi connectivity index (χ3v) is 12.6. The molecule has 0 fully saturated rings. The highest BCUT2D eigenvalue weighted by Gasteiger charge is 2.26. The fraction of sp³-hybridized carbons (Fsp3) is 0.197. The largest absolute Gasteiger partial charge is 0.457 e. The summed E-state index contributed by atoms with van der Waals surface area (Å²) in [5.41, 5.74) is 18.3. The maximum Gasteiger partial charge on any atom is 0.145 e. The van der Waals surface area contributed by atoms with Gasteiger partial charge in [-0.25, -0.2) is 4.98 Å². The van der Waals surface area contributed by atoms with Crippen LogP contribution in [0.5, 0.6) is 11.5 Å². The highest BCUT2D eigenvalue weighted by molar-refractivity contribution is 5.89. The molecule has 0 amide bonds. The Labute approximate surface area is 390 Å². The van der Waals surface area contributed by atoms with E-state index < -0.39 is 0 Å². The number of ether oxygens (including phenoxy) is 1. The van der Waals surface area contributed by atoms with Crippen LogP contribution in [-0.4, -0.2) is 14.5 Å². The summed E-state index contributed by atoms with van der Waals surface area (Å²) < 4.78 is 8.94. The van der Waals surface area contributed by atoms with Gasteiger partial charge < -0.3 is 4.74 Å². The second-order valence-electron chi connectivity index (χ2n) is 18.5. The monoisotopic (exact) mass is 860 g/mol. The van der Waals surface area contributed by atoms with Crippen LogP contribution in [0.25, 0.3) is 72.7 Å². The van der Waals surface area contributed by atoms with E-state index in [0.29, 0.717) is 28.9 Å². The zero-order valence-electron chi connectivity index (χ0n) is 39.2. The molecule has 66 heavy (non-hydrogen) atoms. The Morgan fingerprint density at radius 2 is 0.970 bits per heavy atom. The average molecular weight is 861 g/mol. The second kappa shape index (κ2) is 18.5. The van der Waals surface area contributed by atoms with Crippen LogP contribution in [0.15, 0.2) is 170 Å². The zero-order valence-corrected chi connectivity index (χ0v) is 39.2. The first kappa shape index (κ1) is 43.7. The van der Waals surface area contributed by atoms with Crippen LogP contribution in [0.2, 0.25) is 0 Å². The van der Waals surface area contributed by atoms with Crippen molar-refractivity contribution >= 4 is 11.0 Å². The molecule has 9 aromatic rings. The number of fused-ring (bicyclic) bond motifs is 1. The van der Waals surface area contributed by atoms with Gasteiger partial charge in [0.1, 0.15) is 23.4 Å². The SMILES string of the molecule is CC(C)c1cc(-c2ccccc2)cc(C(C)C)c1-c1ccnc(-c2cccc(Oc3cccc(-c4nc5cccc(C#N)c5n4-c4c(C(C)C)cc(-c5ccccc5)cc4C(C)C)c3)c2)c1. The number of imidazole rings is 1. The molecule has 2 heterocycles. The first-order valence-electron chi connectivity index (χ1n) is 23.2. The summed E-state index contributed by atoms with van der Waals surface area (Å²) in [6.45, 7) is 18.1. The van der Waals surface area contributed by atoms with Crippen molar-refractivity contribution in [2.45, 2.75) is 79.1 Å². The summed E-state index contributed by atoms with van der Waals surface area (Å²) in [6, 6.07) is 59.6. The molecule has 0 N–H and O–H groups in total. The number of nitriles is 1. The lowest BCUT2D eigenvalue weighted by molar-refractivity contribution is 0.483. The Bertz CT molecular complexity index is 3180. The van der Waals surface area contributed by atoms with Gasteiger partial charge in [-0.05, 0) is 140 Å². The smallest absolute Gasteiger partial charge is 0.145 e. The second-order valence-corrected chi connectivity index (χ2v) is 18.5. The molecule has 0 bridgehead atoms. The minimum atomic E-state index is 0.188. The summed E-state index contributed by atoms with van der Waals surface area (Å²) in [4.78, 5) is 10.2. The maximum absolute atomic E-state index is 10.5. The van der Waals surface area contributed by atoms with Crippen molar-refractivity contribution in [3.8, 4) is 79.3 Å². The van der Waals surface area contributed by atoms with Gasteiger partial charge in [-0.1, -0.05) is 159 Å². The number of pyridine rings is 1. The fourth-order valence-electron chi connectivity index (χ4n) is 9.27. The molecule has 0 saturated heterocycles. The lowest BCUT2D eigenvalue weighted by atomic mass is 9.82. The van der Waals surface area contributed by atoms with E-state index in [-0.39, 0.29) is 11.8 Å². The zero-order chi connectivity index (χ0) is 46.1. The molecule has 5 heteroatoms. The van der Waals surface area contributed by atoms with E-state index in [4.69, 9.17) is 14.7 Å². The van der Waals surface area contributed by atoms with Gasteiger partial charge in [0.25, 0.3) is 0 Å². The van der Waals surface area contributed by atoms with E-state index >= 15 is 0 Å². The summed E-state index contributed by atoms with van der Waals surface area (Å²) in [6.07, 6.45) is 1.93. The Kier molecular flexibility index (Phi) is 12.3. The lowest BCUT2D eigenvalue weighted by Gasteiger charge is -2.24. The van der Waals surface area contributed by atoms with Gasteiger partial charge in [-0.2, -0.15) is 5.26 Å². The number of para-hydroxylation sites is 1. The third kappa shape index (κ3) is 8.55. The van der Waals surface area contributed by atoms with Gasteiger partial charge in [0.05, 0.1) is 28.0 Å². The molecule has 326 valence electrons. The van der Waals surface area contributed by atoms with Gasteiger partial charge in [0, 0.05) is 17.3 Å². The van der Waals surface area contributed by atoms with Gasteiger partial charge in [0.2, 0.25) is 0 Å². The number of hydrogen-bond donors (Lipinski definition) is 0. The maximum atomic E-state index is 10.5. The quantitative estimate of drug-likeness (QED) is 0.123. The summed E-state index contributed by atoms with van der Waals surface area (Å²) in [5.74, 6) is 3.16. The highest BCUT2D eigenvalue weighted by Crippen LogP contribution is 2.43. The fourth-order valence-corrected chi connectivity index (χ4v) is 9.27. The molecular formula is C61H56N4O. The van der Waals surface area contributed by atoms with E-state index in [1.165, 1.54) is 50.1 Å². The topological polar surface area (TPSA) is 63.7 Å². The van der Waals surface area contributed by atoms with Crippen molar-refractivity contribution in [2.24, 2.45) is 0 Å². The van der Waals surface area contributed by atoms with Crippen LogP contribution in [0, 0.1) is 11.3 Å². The van der Waals surface area contributed by atoms with Crippen LogP contribution in [-0.2, 0) is 0 Å². The third-order valence-electron chi connectivity index (χ3n) is 12.6. The number of aromatic nitrogens is 3. The van der Waals surface area contributed by atoms with Crippen molar-refractivity contribution < 1.29 is 4.74 Å². The molecule has 2 aromatic heterocycles. The minimum absolute atomic E-state index is 0.188. The Balaban J connectivity index is 1.11. The highest BCUT2D eigenvalue weighted by atomic mass is 16.5. The molecule has 0 radical (unpaired) electrons. The average Bonchev–Trinajstić information content (AvgIpc) is 3.73. The summed E-state index contributed by atoms with van der Waals surface area (Å²) >= 11 is 0. The predicted octanol–water partition coefficient (Wildman–Crippen LogP) is 16.9. The molecule has 0 spiro atoms. The van der Waals surface area contributed by atoms with Crippen molar-refractivity contribution in [1.29, 1.82) is 5.26 Å². The van der Waals surface area contributed by atoms with Gasteiger partial charge >= 0.3 is 0 Å². The van der Waals surface area contributed by atoms with Crippen LogP contribution in [0.1, 0.15) is 107 Å². The van der Waals surface area contributed by atoms with Crippen LogP contribution in [0.4, 0.5) is 0 Å². The molecule has 0 saturated carbocycles. The molecule has 7 aromatic carbocycles. The number of nitrogens with zero attached hydrogens (tertiary/aromatic N) is 4. The molecule has 0 aliphatic rings. The molecule has 9 rings (SSSR count). The molecule has 0 atom stereocenters. The predicted molar refractivity (Wildman–Crippen MR) is 274 cm³/mol. The first-order chi connectivity index (χ1) is 32.0. The van der Waals surface area contributed by atoms with Crippen molar-refractivity contribution in [3.05, 3.63) is 198 Å². The van der Waals surface area contributed by atoms with Gasteiger partial charge in [-0.15, -0.1) is 0 Å². The Hall–Kier alpha value is -7.55. The van der Waals surface area contributed by atoms with E-state index in [1.807, 2.05) is 48.7 Å². The van der Waals surface area contributed by atoms with E-state index in [0.717, 1.165) is 44.9 Å². The van der Waals surface area contributed by atoms with E-state index in [2.05, 4.69) is 187 Å². The van der Waals surface area contributed by atoms with Crippen LogP contribution >= 0.6 is 0 Å². The first-order valence-corrected chi connectivity index (χ1v) is 23.2. The summed E-state index contributed by atoms with van der Waals surface area (Å²) in [5, 5.41) is 10.5. The minimum Gasteiger partial charge on any atom is -0.457 e. The van der Waals surface area contributed by atoms with Crippen molar-refractivity contribution in [2.75, 3.05) is 0 Å². The molecule has 0 unspecified atom stereocenters. The summed E-state index contributed by atoms with van der Waals surface area (Å²) in [7, 11) is 0. The van der Waals surface area contributed by atoms with E-state index in [9.17, 15) is 5.26 Å². The molecule has 0 aliphatic heterocycles. The van der Waals surface area contributed by atoms with Crippen molar-refractivity contribution in [1.82, 2.24) is 14.5 Å². The van der Waals surface area contributed by atoms with Crippen LogP contribution in [0.3, 0.4) is 0 Å². The van der Waals surface area contributed by atoms with Crippen molar-refractivity contribution in [3.63, 3.8) is 0 Å². The number of benzene rings is 7. The van der Waals surface area contributed by atoms with E-state index in [1.54, 1.807) is 0 Å². The Morgan fingerprint density at radius 1 is 0.470 bits per heavy atom. The molecule has 5 nitrogen and oxygen atoms in total. The standard InChI is InChI=1S/C61H56N4O/c1-38(2)52-32-48(42-18-11-9-12-19-42)33-53(39(3)4)58(52)45-28-29-63-57(36-45)44-22-15-25-50(30-44)66-51-26-16-23-46(31-51)61-64-56-27-17-24-47(37-62)59(56)65(61)60-54(40(5)6)34-49(35-55(60)41(7)8)43-20-13-10-14-21-43/h9-36,38-41H,1-8H3. The van der Waals surface area contributed by atoms with Crippen LogP contribution < -0.4 is 4.74 Å². The lowest BCUT2D eigenvalue weighted by Crippen LogP contribution is -2.10. The van der Waals surface area contributed by atoms with Gasteiger partial charge in [-0.3, -0.25) is 9.55 Å².